The summed E-state index contributed by atoms with van der Waals surface area (Å²) in [7, 11) is 3.86. The van der Waals surface area contributed by atoms with E-state index in [9.17, 15) is 14.0 Å². The fourth-order valence-electron chi connectivity index (χ4n) is 3.60. The number of hydrogen-bond donors (Lipinski definition) is 2. The van der Waals surface area contributed by atoms with E-state index in [-0.39, 0.29) is 11.3 Å². The van der Waals surface area contributed by atoms with E-state index in [4.69, 9.17) is 0 Å². The Bertz CT molecular complexity index is 1260. The molecule has 37 heavy (non-hydrogen) atoms. The van der Waals surface area contributed by atoms with Gasteiger partial charge in [-0.25, -0.2) is 9.82 Å². The number of halogens is 1. The molecule has 3 rings (SSSR count). The van der Waals surface area contributed by atoms with E-state index in [1.165, 1.54) is 24.4 Å². The first-order chi connectivity index (χ1) is 17.8. The highest BCUT2D eigenvalue weighted by Gasteiger charge is 2.15. The lowest BCUT2D eigenvalue weighted by Gasteiger charge is -2.20. The predicted molar refractivity (Wildman–Crippen MR) is 148 cm³/mol. The smallest absolute Gasteiger partial charge is 0.287 e. The Morgan fingerprint density at radius 1 is 0.892 bits per heavy atom. The van der Waals surface area contributed by atoms with E-state index >= 15 is 0 Å². The Morgan fingerprint density at radius 3 is 2.11 bits per heavy atom. The third-order valence-electron chi connectivity index (χ3n) is 5.70. The Balaban J connectivity index is 1.78. The van der Waals surface area contributed by atoms with Crippen LogP contribution in [0.3, 0.4) is 0 Å². The van der Waals surface area contributed by atoms with Gasteiger partial charge in [0.25, 0.3) is 11.8 Å². The Hall–Kier alpha value is -4.46. The van der Waals surface area contributed by atoms with Gasteiger partial charge < -0.3 is 15.1 Å². The molecular weight excluding hydrogens is 469 g/mol. The third-order valence-corrected chi connectivity index (χ3v) is 5.70. The average molecular weight is 502 g/mol. The van der Waals surface area contributed by atoms with Gasteiger partial charge in [0.15, 0.2) is 0 Å². The topological polar surface area (TPSA) is 77.0 Å². The number of carbonyl (C=O) groups excluding carboxylic acids is 2. The Morgan fingerprint density at radius 2 is 1.51 bits per heavy atom. The summed E-state index contributed by atoms with van der Waals surface area (Å²) in [6, 6.07) is 20.5. The summed E-state index contributed by atoms with van der Waals surface area (Å²) >= 11 is 0. The molecule has 0 aliphatic rings. The number of hydrazone groups is 1. The quantitative estimate of drug-likeness (QED) is 0.241. The predicted octanol–water partition coefficient (Wildman–Crippen LogP) is 4.66. The molecule has 0 heterocycles. The number of hydrogen-bond acceptors (Lipinski definition) is 5. The Kier molecular flexibility index (Phi) is 9.55. The number of carbonyl (C=O) groups is 2. The maximum atomic E-state index is 13.6. The number of rotatable bonds is 10. The molecule has 192 valence electrons. The van der Waals surface area contributed by atoms with Crippen LogP contribution in [0.5, 0.6) is 0 Å². The van der Waals surface area contributed by atoms with Crippen molar-refractivity contribution in [3.63, 3.8) is 0 Å². The highest BCUT2D eigenvalue weighted by molar-refractivity contribution is 6.05. The van der Waals surface area contributed by atoms with Crippen molar-refractivity contribution in [2.75, 3.05) is 37.0 Å². The van der Waals surface area contributed by atoms with Gasteiger partial charge in [0.05, 0.1) is 6.21 Å². The molecule has 3 aromatic carbocycles. The van der Waals surface area contributed by atoms with Crippen LogP contribution in [0.4, 0.5) is 15.8 Å². The zero-order valence-corrected chi connectivity index (χ0v) is 21.5. The minimum Gasteiger partial charge on any atom is -0.378 e. The van der Waals surface area contributed by atoms with Crippen molar-refractivity contribution in [1.82, 2.24) is 10.7 Å². The molecule has 0 unspecified atom stereocenters. The van der Waals surface area contributed by atoms with Crippen molar-refractivity contribution in [2.24, 2.45) is 5.10 Å². The van der Waals surface area contributed by atoms with Crippen LogP contribution in [-0.2, 0) is 4.79 Å². The molecule has 0 atom stereocenters. The van der Waals surface area contributed by atoms with E-state index in [1.54, 1.807) is 6.08 Å². The summed E-state index contributed by atoms with van der Waals surface area (Å²) in [4.78, 5) is 29.9. The van der Waals surface area contributed by atoms with Crippen molar-refractivity contribution in [3.8, 4) is 0 Å². The highest BCUT2D eigenvalue weighted by Crippen LogP contribution is 2.16. The van der Waals surface area contributed by atoms with Crippen LogP contribution in [0.25, 0.3) is 6.08 Å². The van der Waals surface area contributed by atoms with Gasteiger partial charge in [-0.2, -0.15) is 5.10 Å². The summed E-state index contributed by atoms with van der Waals surface area (Å²) in [5, 5.41) is 6.63. The van der Waals surface area contributed by atoms with Crippen molar-refractivity contribution in [3.05, 3.63) is 101 Å². The third kappa shape index (κ3) is 7.76. The molecule has 7 nitrogen and oxygen atoms in total. The molecule has 8 heteroatoms. The van der Waals surface area contributed by atoms with Crippen molar-refractivity contribution in [2.45, 2.75) is 13.8 Å². The molecule has 0 bridgehead atoms. The lowest BCUT2D eigenvalue weighted by atomic mass is 10.1. The molecule has 2 amide bonds. The van der Waals surface area contributed by atoms with Crippen LogP contribution >= 0.6 is 0 Å². The second kappa shape index (κ2) is 13.0. The van der Waals surface area contributed by atoms with E-state index in [0.717, 1.165) is 36.1 Å². The van der Waals surface area contributed by atoms with Gasteiger partial charge in [-0.05, 0) is 73.5 Å². The fraction of sp³-hybridized carbons (Fsp3) is 0.207. The maximum Gasteiger partial charge on any atom is 0.287 e. The highest BCUT2D eigenvalue weighted by atomic mass is 19.1. The number of benzene rings is 3. The van der Waals surface area contributed by atoms with Crippen LogP contribution in [0.2, 0.25) is 0 Å². The van der Waals surface area contributed by atoms with Gasteiger partial charge >= 0.3 is 0 Å². The molecule has 0 spiro atoms. The van der Waals surface area contributed by atoms with Crippen LogP contribution in [0.15, 0.2) is 83.6 Å². The van der Waals surface area contributed by atoms with Crippen molar-refractivity contribution in [1.29, 1.82) is 0 Å². The van der Waals surface area contributed by atoms with E-state index < -0.39 is 17.6 Å². The second-order valence-electron chi connectivity index (χ2n) is 8.47. The first-order valence-electron chi connectivity index (χ1n) is 12.0. The number of nitrogens with one attached hydrogen (secondary N) is 2. The zero-order chi connectivity index (χ0) is 26.8. The molecule has 0 radical (unpaired) electrons. The van der Waals surface area contributed by atoms with Crippen LogP contribution < -0.4 is 20.5 Å². The van der Waals surface area contributed by atoms with Crippen LogP contribution in [0.1, 0.15) is 35.3 Å². The molecule has 0 saturated carbocycles. The second-order valence-corrected chi connectivity index (χ2v) is 8.47. The van der Waals surface area contributed by atoms with Gasteiger partial charge in [0.2, 0.25) is 0 Å². The summed E-state index contributed by atoms with van der Waals surface area (Å²) in [5.41, 5.74) is 6.14. The number of anilines is 2. The van der Waals surface area contributed by atoms with Gasteiger partial charge in [0, 0.05) is 44.1 Å². The molecular formula is C29H32FN5O2. The first kappa shape index (κ1) is 27.1. The van der Waals surface area contributed by atoms with Crippen molar-refractivity contribution >= 4 is 35.5 Å². The van der Waals surface area contributed by atoms with E-state index in [0.29, 0.717) is 5.56 Å². The van der Waals surface area contributed by atoms with Crippen LogP contribution in [-0.4, -0.2) is 45.2 Å². The fourth-order valence-corrected chi connectivity index (χ4v) is 3.60. The summed E-state index contributed by atoms with van der Waals surface area (Å²) in [6.07, 6.45) is 3.07. The molecule has 0 aliphatic carbocycles. The van der Waals surface area contributed by atoms with E-state index in [2.05, 4.69) is 34.6 Å². The minimum absolute atomic E-state index is 0.0269. The van der Waals surface area contributed by atoms with Crippen LogP contribution in [0, 0.1) is 5.82 Å². The van der Waals surface area contributed by atoms with Gasteiger partial charge in [-0.1, -0.05) is 30.3 Å². The molecule has 0 aromatic heterocycles. The normalized spacial score (nSPS) is 11.3. The monoisotopic (exact) mass is 501 g/mol. The summed E-state index contributed by atoms with van der Waals surface area (Å²) < 4.78 is 13.6. The molecule has 0 saturated heterocycles. The first-order valence-corrected chi connectivity index (χ1v) is 12.0. The zero-order valence-electron chi connectivity index (χ0n) is 21.5. The van der Waals surface area contributed by atoms with Gasteiger partial charge in [0.1, 0.15) is 11.5 Å². The average Bonchev–Trinajstić information content (AvgIpc) is 2.90. The lowest BCUT2D eigenvalue weighted by molar-refractivity contribution is -0.117. The Labute approximate surface area is 217 Å². The maximum absolute atomic E-state index is 13.6. The number of nitrogens with zero attached hydrogens (tertiary/aromatic N) is 3. The van der Waals surface area contributed by atoms with Gasteiger partial charge in [-0.3, -0.25) is 9.59 Å². The van der Waals surface area contributed by atoms with Gasteiger partial charge in [-0.15, -0.1) is 0 Å². The lowest BCUT2D eigenvalue weighted by Crippen LogP contribution is -2.32. The molecule has 0 fully saturated rings. The number of amides is 2. The summed E-state index contributed by atoms with van der Waals surface area (Å²) in [5.74, 6) is -1.77. The standard InChI is InChI=1S/C29H32FN5O2/c1-5-35(6-2)26-16-12-22(13-17-26)20-31-33-29(37)27(18-21-10-14-25(15-11-21)34(3)4)32-28(36)23-8-7-9-24(30)19-23/h7-20H,5-6H2,1-4H3,(H,32,36)(H,33,37)/b27-18+,31-20?. The van der Waals surface area contributed by atoms with Crippen molar-refractivity contribution < 1.29 is 14.0 Å². The molecule has 3 aromatic rings. The SMILES string of the molecule is CCN(CC)c1ccc(C=NNC(=O)/C(=C\c2ccc(N(C)C)cc2)NC(=O)c2cccc(F)c2)cc1. The molecule has 0 aliphatic heterocycles. The van der Waals surface area contributed by atoms with E-state index in [1.807, 2.05) is 67.5 Å². The largest absolute Gasteiger partial charge is 0.378 e. The molecule has 2 N–H and O–H groups in total. The summed E-state index contributed by atoms with van der Waals surface area (Å²) in [6.45, 7) is 6.02. The minimum atomic E-state index is -0.613.